The average molecular weight is 752 g/mol. The summed E-state index contributed by atoms with van der Waals surface area (Å²) in [5.41, 5.74) is 2.92. The van der Waals surface area contributed by atoms with Gasteiger partial charge < -0.3 is 25.2 Å². The van der Waals surface area contributed by atoms with Crippen LogP contribution in [0.3, 0.4) is 0 Å². The minimum Gasteiger partial charge on any atom is -0.392 e. The Bertz CT molecular complexity index is 2280. The molecule has 3 atom stereocenters. The smallest absolute Gasteiger partial charge is 0.330 e. The van der Waals surface area contributed by atoms with Gasteiger partial charge in [0, 0.05) is 49.9 Å². The fourth-order valence-corrected chi connectivity index (χ4v) is 5.65. The van der Waals surface area contributed by atoms with Crippen LogP contribution in [0.2, 0.25) is 0 Å². The Balaban J connectivity index is 1.10. The van der Waals surface area contributed by atoms with Crippen LogP contribution < -0.4 is 21.5 Å². The number of hydrogen-bond acceptors (Lipinski definition) is 13. The third kappa shape index (κ3) is 10.4. The molecule has 4 aromatic rings. The number of azo groups is 2. The minimum absolute atomic E-state index is 0.00830. The number of aromatic amines is 1. The second-order valence-electron chi connectivity index (χ2n) is 13.0. The molecular weight excluding hydrogens is 710 g/mol. The van der Waals surface area contributed by atoms with Crippen molar-refractivity contribution in [3.8, 4) is 11.8 Å². The summed E-state index contributed by atoms with van der Waals surface area (Å²) in [6.45, 7) is 5.50. The fraction of sp³-hybridized carbons (Fsp3) is 0.342. The third-order valence-electron chi connectivity index (χ3n) is 8.85. The number of aromatic nitrogens is 2. The molecule has 55 heavy (non-hydrogen) atoms. The number of aliphatic hydroxyl groups is 2. The molecule has 1 aliphatic heterocycles. The zero-order valence-corrected chi connectivity index (χ0v) is 30.7. The molecule has 3 aromatic carbocycles. The van der Waals surface area contributed by atoms with E-state index in [0.717, 1.165) is 11.3 Å². The first-order chi connectivity index (χ1) is 26.3. The van der Waals surface area contributed by atoms with Gasteiger partial charge in [0.1, 0.15) is 11.8 Å². The molecule has 0 aliphatic carbocycles. The van der Waals surface area contributed by atoms with E-state index in [1.54, 1.807) is 51.1 Å². The van der Waals surface area contributed by atoms with Crippen molar-refractivity contribution in [2.75, 3.05) is 25.0 Å². The molecule has 2 heterocycles. The van der Waals surface area contributed by atoms with Gasteiger partial charge in [-0.2, -0.15) is 15.3 Å². The number of rotatable bonds is 13. The van der Waals surface area contributed by atoms with Crippen molar-refractivity contribution in [2.24, 2.45) is 20.5 Å². The van der Waals surface area contributed by atoms with Gasteiger partial charge in [-0.1, -0.05) is 17.9 Å². The molecule has 4 N–H and O–H groups in total. The molecule has 1 aromatic heterocycles. The van der Waals surface area contributed by atoms with Gasteiger partial charge in [0.2, 0.25) is 5.91 Å². The lowest BCUT2D eigenvalue weighted by Gasteiger charge is -2.19. The highest BCUT2D eigenvalue weighted by Crippen LogP contribution is 2.34. The van der Waals surface area contributed by atoms with Gasteiger partial charge in [-0.25, -0.2) is 4.79 Å². The maximum absolute atomic E-state index is 12.4. The van der Waals surface area contributed by atoms with Crippen molar-refractivity contribution in [1.82, 2.24) is 14.9 Å². The molecule has 1 saturated heterocycles. The highest BCUT2D eigenvalue weighted by atomic mass is 16.6. The summed E-state index contributed by atoms with van der Waals surface area (Å²) in [6, 6.07) is 15.4. The van der Waals surface area contributed by atoms with Crippen LogP contribution >= 0.6 is 0 Å². The average Bonchev–Trinajstić information content (AvgIpc) is 3.49. The van der Waals surface area contributed by atoms with Crippen molar-refractivity contribution < 1.29 is 24.7 Å². The Morgan fingerprint density at radius 2 is 1.80 bits per heavy atom. The largest absolute Gasteiger partial charge is 0.392 e. The number of carbonyl (C=O) groups excluding carboxylic acids is 1. The second kappa shape index (κ2) is 18.1. The lowest BCUT2D eigenvalue weighted by Crippen LogP contribution is -2.33. The SMILES string of the molecule is Cc1ccc(/N=N/c2cc(CO)c(/N=N\c3ccc(N(C)CCCC(=O)NCC#Cc4cn(C5CC(O)C(C)O5)c(=O)[nH]c4=O)cc3)cc2C)c([N+](=O)[O-])c1. The van der Waals surface area contributed by atoms with Crippen molar-refractivity contribution in [3.63, 3.8) is 0 Å². The van der Waals surface area contributed by atoms with E-state index in [9.17, 15) is 34.7 Å². The first-order valence-electron chi connectivity index (χ1n) is 17.4. The molecule has 0 saturated carbocycles. The number of anilines is 1. The molecule has 3 unspecified atom stereocenters. The van der Waals surface area contributed by atoms with Gasteiger partial charge in [0.05, 0.1) is 47.3 Å². The summed E-state index contributed by atoms with van der Waals surface area (Å²) >= 11 is 0. The fourth-order valence-electron chi connectivity index (χ4n) is 5.65. The standard InChI is InChI=1S/C38H41N9O8/c1-23-9-14-30(33(17-23)47(53)54)42-43-31-19-27(22-48)32(18-24(31)2)44-41-28-10-12-29(13-11-28)45(4)16-6-8-35(50)39-15-5-7-26-21-46(38(52)40-37(26)51)36-20-34(49)25(3)55-36/h9-14,17-19,21,25,34,36,48-49H,6,8,15-16,20,22H2,1-4H3,(H,39,50)(H,40,51,52)/b43-42+,44-41-. The summed E-state index contributed by atoms with van der Waals surface area (Å²) in [7, 11) is 1.90. The van der Waals surface area contributed by atoms with Crippen molar-refractivity contribution in [3.05, 3.63) is 114 Å². The van der Waals surface area contributed by atoms with Gasteiger partial charge in [-0.3, -0.25) is 29.3 Å². The number of ether oxygens (including phenoxy) is 1. The van der Waals surface area contributed by atoms with E-state index >= 15 is 0 Å². The number of nitrogens with one attached hydrogen (secondary N) is 2. The predicted octanol–water partition coefficient (Wildman–Crippen LogP) is 5.44. The van der Waals surface area contributed by atoms with Crippen molar-refractivity contribution in [1.29, 1.82) is 0 Å². The molecule has 286 valence electrons. The van der Waals surface area contributed by atoms with E-state index in [1.807, 2.05) is 24.1 Å². The molecule has 5 rings (SSSR count). The summed E-state index contributed by atoms with van der Waals surface area (Å²) in [5.74, 6) is 5.21. The van der Waals surface area contributed by atoms with Crippen molar-refractivity contribution in [2.45, 2.75) is 65.1 Å². The summed E-state index contributed by atoms with van der Waals surface area (Å²) < 4.78 is 6.79. The second-order valence-corrected chi connectivity index (χ2v) is 13.0. The van der Waals surface area contributed by atoms with Gasteiger partial charge in [-0.15, -0.1) is 5.11 Å². The van der Waals surface area contributed by atoms with Gasteiger partial charge in [0.25, 0.3) is 11.2 Å². The van der Waals surface area contributed by atoms with Crippen LogP contribution in [0.1, 0.15) is 54.7 Å². The number of aryl methyl sites for hydroxylation is 2. The summed E-state index contributed by atoms with van der Waals surface area (Å²) in [5, 5.41) is 51.0. The normalized spacial score (nSPS) is 16.7. The minimum atomic E-state index is -0.726. The topological polar surface area (TPSA) is 229 Å². The van der Waals surface area contributed by atoms with E-state index in [0.29, 0.717) is 41.2 Å². The van der Waals surface area contributed by atoms with E-state index in [2.05, 4.69) is 42.6 Å². The third-order valence-corrected chi connectivity index (χ3v) is 8.85. The Morgan fingerprint density at radius 3 is 2.49 bits per heavy atom. The van der Waals surface area contributed by atoms with Gasteiger partial charge in [-0.05, 0) is 80.8 Å². The molecule has 1 aliphatic rings. The Morgan fingerprint density at radius 1 is 1.07 bits per heavy atom. The number of aliphatic hydroxyl groups excluding tert-OH is 2. The number of benzene rings is 3. The number of carbonyl (C=O) groups is 1. The van der Waals surface area contributed by atoms with Crippen LogP contribution in [0.15, 0.2) is 90.8 Å². The van der Waals surface area contributed by atoms with E-state index in [-0.39, 0.29) is 48.8 Å². The lowest BCUT2D eigenvalue weighted by molar-refractivity contribution is -0.384. The molecule has 17 heteroatoms. The lowest BCUT2D eigenvalue weighted by atomic mass is 10.1. The number of nitro benzene ring substituents is 1. The van der Waals surface area contributed by atoms with Gasteiger partial charge in [0.15, 0.2) is 5.69 Å². The van der Waals surface area contributed by atoms with Crippen LogP contribution in [0.25, 0.3) is 0 Å². The van der Waals surface area contributed by atoms with E-state index in [4.69, 9.17) is 4.74 Å². The predicted molar refractivity (Wildman–Crippen MR) is 204 cm³/mol. The highest BCUT2D eigenvalue weighted by Gasteiger charge is 2.32. The monoisotopic (exact) mass is 751 g/mol. The Labute approximate surface area is 315 Å². The van der Waals surface area contributed by atoms with Crippen LogP contribution in [0.4, 0.5) is 34.1 Å². The van der Waals surface area contributed by atoms with E-state index < -0.39 is 34.6 Å². The first kappa shape index (κ1) is 39.8. The maximum atomic E-state index is 12.4. The Kier molecular flexibility index (Phi) is 13.1. The Hall–Kier alpha value is -6.35. The summed E-state index contributed by atoms with van der Waals surface area (Å²) in [4.78, 5) is 52.0. The molecule has 17 nitrogen and oxygen atoms in total. The zero-order valence-electron chi connectivity index (χ0n) is 30.7. The molecule has 1 amide bonds. The van der Waals surface area contributed by atoms with Crippen LogP contribution in [0.5, 0.6) is 0 Å². The van der Waals surface area contributed by atoms with Crippen LogP contribution in [0, 0.1) is 35.8 Å². The highest BCUT2D eigenvalue weighted by molar-refractivity contribution is 5.76. The quantitative estimate of drug-likeness (QED) is 0.0589. The molecular formula is C38H41N9O8. The van der Waals surface area contributed by atoms with Crippen LogP contribution in [-0.2, 0) is 16.1 Å². The molecule has 0 bridgehead atoms. The number of amides is 1. The van der Waals surface area contributed by atoms with Gasteiger partial charge >= 0.3 is 5.69 Å². The summed E-state index contributed by atoms with van der Waals surface area (Å²) in [6.07, 6.45) is 0.428. The zero-order chi connectivity index (χ0) is 39.6. The number of nitro groups is 1. The maximum Gasteiger partial charge on any atom is 0.330 e. The first-order valence-corrected chi connectivity index (χ1v) is 17.4. The number of hydrogen-bond donors (Lipinski definition) is 4. The van der Waals surface area contributed by atoms with E-state index in [1.165, 1.54) is 22.9 Å². The molecule has 1 fully saturated rings. The molecule has 0 radical (unpaired) electrons. The number of nitrogens with zero attached hydrogens (tertiary/aromatic N) is 7. The molecule has 0 spiro atoms. The number of H-pyrrole nitrogens is 1. The van der Waals surface area contributed by atoms with Crippen molar-refractivity contribution >= 4 is 40.0 Å². The van der Waals surface area contributed by atoms with Crippen LogP contribution in [-0.4, -0.2) is 62.9 Å².